The molecule has 0 amide bonds. The Morgan fingerprint density at radius 2 is 1.94 bits per heavy atom. The van der Waals surface area contributed by atoms with Crippen LogP contribution in [0.25, 0.3) is 11.0 Å². The minimum atomic E-state index is -1.10. The maximum atomic E-state index is 14.6. The lowest BCUT2D eigenvalue weighted by Gasteiger charge is -2.37. The second-order valence-electron chi connectivity index (χ2n) is 9.46. The molecule has 2 heterocycles. The molecule has 0 unspecified atom stereocenters. The zero-order chi connectivity index (χ0) is 24.6. The summed E-state index contributed by atoms with van der Waals surface area (Å²) in [6.07, 6.45) is 1.75. The standard InChI is InChI=1S/C26H26FN3O4/c1-15(29-21-7-5-4-6-17(21)25(32)33)18-12-16(27)13-19-22(31)20(14-28)24(34-23(18)19)30-10-8-26(2,3)9-11-30/h4-7,12-13,15,29H,8-11H2,1-3H3,(H,32,33)/t15-/m1/s1. The van der Waals surface area contributed by atoms with Crippen molar-refractivity contribution in [2.45, 2.75) is 39.7 Å². The van der Waals surface area contributed by atoms with Crippen LogP contribution in [0.5, 0.6) is 0 Å². The molecule has 0 spiro atoms. The first-order valence-corrected chi connectivity index (χ1v) is 11.2. The van der Waals surface area contributed by atoms with Crippen molar-refractivity contribution >= 4 is 28.5 Å². The average Bonchev–Trinajstić information content (AvgIpc) is 2.79. The molecule has 1 fully saturated rings. The molecule has 2 aromatic carbocycles. The Bertz CT molecular complexity index is 1360. The molecule has 0 radical (unpaired) electrons. The Kier molecular flexibility index (Phi) is 6.05. The molecule has 176 valence electrons. The average molecular weight is 464 g/mol. The summed E-state index contributed by atoms with van der Waals surface area (Å²) in [6, 6.07) is 10.1. The quantitative estimate of drug-likeness (QED) is 0.529. The minimum Gasteiger partial charge on any atom is -0.478 e. The van der Waals surface area contributed by atoms with Gasteiger partial charge in [0.25, 0.3) is 0 Å². The van der Waals surface area contributed by atoms with E-state index in [0.717, 1.165) is 18.9 Å². The van der Waals surface area contributed by atoms with Gasteiger partial charge in [-0.25, -0.2) is 9.18 Å². The van der Waals surface area contributed by atoms with Gasteiger partial charge in [0.15, 0.2) is 5.56 Å². The lowest BCUT2D eigenvalue weighted by atomic mass is 9.82. The van der Waals surface area contributed by atoms with Gasteiger partial charge in [0, 0.05) is 24.3 Å². The number of nitrogens with zero attached hydrogens (tertiary/aromatic N) is 2. The molecular formula is C26H26FN3O4. The molecule has 0 saturated carbocycles. The van der Waals surface area contributed by atoms with E-state index in [1.807, 2.05) is 11.0 Å². The lowest BCUT2D eigenvalue weighted by molar-refractivity contribution is 0.0698. The van der Waals surface area contributed by atoms with Crippen LogP contribution in [0.2, 0.25) is 0 Å². The van der Waals surface area contributed by atoms with E-state index in [1.54, 1.807) is 25.1 Å². The molecule has 8 heteroatoms. The highest BCUT2D eigenvalue weighted by Gasteiger charge is 2.30. The molecule has 1 aliphatic rings. The van der Waals surface area contributed by atoms with Crippen molar-refractivity contribution in [3.63, 3.8) is 0 Å². The number of carbonyl (C=O) groups is 1. The molecule has 1 saturated heterocycles. The number of benzene rings is 2. The molecule has 34 heavy (non-hydrogen) atoms. The van der Waals surface area contributed by atoms with E-state index in [9.17, 15) is 24.3 Å². The monoisotopic (exact) mass is 463 g/mol. The molecule has 0 aliphatic carbocycles. The van der Waals surface area contributed by atoms with E-state index in [-0.39, 0.29) is 33.4 Å². The fraction of sp³-hybridized carbons (Fsp3) is 0.346. The topological polar surface area (TPSA) is 107 Å². The van der Waals surface area contributed by atoms with E-state index in [4.69, 9.17) is 4.42 Å². The smallest absolute Gasteiger partial charge is 0.337 e. The number of halogens is 1. The van der Waals surface area contributed by atoms with Gasteiger partial charge in [-0.05, 0) is 49.4 Å². The molecular weight excluding hydrogens is 437 g/mol. The zero-order valence-corrected chi connectivity index (χ0v) is 19.3. The number of anilines is 2. The Labute approximate surface area is 196 Å². The third-order valence-corrected chi connectivity index (χ3v) is 6.48. The number of rotatable bonds is 5. The van der Waals surface area contributed by atoms with Gasteiger partial charge >= 0.3 is 5.97 Å². The summed E-state index contributed by atoms with van der Waals surface area (Å²) >= 11 is 0. The summed E-state index contributed by atoms with van der Waals surface area (Å²) in [5.41, 5.74) is 0.399. The number of fused-ring (bicyclic) bond motifs is 1. The Morgan fingerprint density at radius 3 is 2.59 bits per heavy atom. The van der Waals surface area contributed by atoms with Crippen molar-refractivity contribution in [2.75, 3.05) is 23.3 Å². The largest absolute Gasteiger partial charge is 0.478 e. The van der Waals surface area contributed by atoms with Crippen molar-refractivity contribution in [3.8, 4) is 6.07 Å². The van der Waals surface area contributed by atoms with Crippen LogP contribution in [0, 0.1) is 22.6 Å². The van der Waals surface area contributed by atoms with Crippen LogP contribution in [-0.2, 0) is 0 Å². The predicted molar refractivity (Wildman–Crippen MR) is 128 cm³/mol. The van der Waals surface area contributed by atoms with Crippen LogP contribution in [0.1, 0.15) is 61.1 Å². The Balaban J connectivity index is 1.83. The van der Waals surface area contributed by atoms with E-state index in [2.05, 4.69) is 19.2 Å². The number of carboxylic acids is 1. The summed E-state index contributed by atoms with van der Waals surface area (Å²) in [7, 11) is 0. The molecule has 0 bridgehead atoms. The number of nitrogens with one attached hydrogen (secondary N) is 1. The predicted octanol–water partition coefficient (Wildman–Crippen LogP) is 5.30. The molecule has 7 nitrogen and oxygen atoms in total. The van der Waals surface area contributed by atoms with Crippen LogP contribution in [0.3, 0.4) is 0 Å². The number of nitriles is 1. The molecule has 3 aromatic rings. The number of hydrogen-bond acceptors (Lipinski definition) is 6. The summed E-state index contributed by atoms with van der Waals surface area (Å²) < 4.78 is 20.7. The van der Waals surface area contributed by atoms with Gasteiger partial charge in [-0.2, -0.15) is 5.26 Å². The molecule has 2 N–H and O–H groups in total. The van der Waals surface area contributed by atoms with Gasteiger partial charge in [0.05, 0.1) is 17.0 Å². The van der Waals surface area contributed by atoms with E-state index >= 15 is 0 Å². The lowest BCUT2D eigenvalue weighted by Crippen LogP contribution is -2.38. The van der Waals surface area contributed by atoms with Crippen molar-refractivity contribution in [1.82, 2.24) is 0 Å². The van der Waals surface area contributed by atoms with Crippen molar-refractivity contribution in [1.29, 1.82) is 5.26 Å². The van der Waals surface area contributed by atoms with Gasteiger partial charge < -0.3 is 19.7 Å². The van der Waals surface area contributed by atoms with E-state index < -0.39 is 23.3 Å². The highest BCUT2D eigenvalue weighted by Crippen LogP contribution is 2.36. The number of para-hydroxylation sites is 1. The van der Waals surface area contributed by atoms with E-state index in [1.165, 1.54) is 12.1 Å². The SMILES string of the molecule is C[C@@H](Nc1ccccc1C(=O)O)c1cc(F)cc2c(=O)c(C#N)c(N3CCC(C)(C)CC3)oc12. The van der Waals surface area contributed by atoms with Gasteiger partial charge in [-0.1, -0.05) is 26.0 Å². The maximum absolute atomic E-state index is 14.6. The van der Waals surface area contributed by atoms with Gasteiger partial charge in [0.2, 0.25) is 11.3 Å². The highest BCUT2D eigenvalue weighted by atomic mass is 19.1. The van der Waals surface area contributed by atoms with Crippen molar-refractivity contribution in [3.05, 3.63) is 69.1 Å². The summed E-state index contributed by atoms with van der Waals surface area (Å²) in [5.74, 6) is -1.55. The summed E-state index contributed by atoms with van der Waals surface area (Å²) in [4.78, 5) is 26.7. The van der Waals surface area contributed by atoms with Crippen LogP contribution in [-0.4, -0.2) is 24.2 Å². The number of aromatic carboxylic acids is 1. The number of carboxylic acid groups (broad SMARTS) is 1. The third-order valence-electron chi connectivity index (χ3n) is 6.48. The summed E-state index contributed by atoms with van der Waals surface area (Å²) in [5, 5.41) is 22.3. The van der Waals surface area contributed by atoms with Crippen LogP contribution in [0.15, 0.2) is 45.6 Å². The molecule has 4 rings (SSSR count). The molecule has 1 aromatic heterocycles. The Hall–Kier alpha value is -3.86. The second kappa shape index (κ2) is 8.82. The van der Waals surface area contributed by atoms with Crippen LogP contribution < -0.4 is 15.6 Å². The maximum Gasteiger partial charge on any atom is 0.337 e. The first kappa shape index (κ1) is 23.3. The zero-order valence-electron chi connectivity index (χ0n) is 19.3. The van der Waals surface area contributed by atoms with Crippen LogP contribution in [0.4, 0.5) is 16.0 Å². The third kappa shape index (κ3) is 4.34. The van der Waals surface area contributed by atoms with Crippen molar-refractivity contribution in [2.24, 2.45) is 5.41 Å². The van der Waals surface area contributed by atoms with Gasteiger partial charge in [0.1, 0.15) is 17.5 Å². The van der Waals surface area contributed by atoms with Crippen LogP contribution >= 0.6 is 0 Å². The first-order chi connectivity index (χ1) is 16.1. The van der Waals surface area contributed by atoms with Crippen molar-refractivity contribution < 1.29 is 18.7 Å². The van der Waals surface area contributed by atoms with Gasteiger partial charge in [-0.15, -0.1) is 0 Å². The molecule has 1 atom stereocenters. The Morgan fingerprint density at radius 1 is 1.26 bits per heavy atom. The van der Waals surface area contributed by atoms with Gasteiger partial charge in [-0.3, -0.25) is 4.79 Å². The van der Waals surface area contributed by atoms with E-state index in [0.29, 0.717) is 24.3 Å². The summed E-state index contributed by atoms with van der Waals surface area (Å²) in [6.45, 7) is 7.34. The second-order valence-corrected chi connectivity index (χ2v) is 9.46. The minimum absolute atomic E-state index is 0.0205. The number of piperidine rings is 1. The normalized spacial score (nSPS) is 16.1. The first-order valence-electron chi connectivity index (χ1n) is 11.2. The fourth-order valence-corrected chi connectivity index (χ4v) is 4.34. The number of hydrogen-bond donors (Lipinski definition) is 2. The fourth-order valence-electron chi connectivity index (χ4n) is 4.34. The molecule has 1 aliphatic heterocycles. The highest BCUT2D eigenvalue weighted by molar-refractivity contribution is 5.94.